The Morgan fingerprint density at radius 1 is 1.44 bits per heavy atom. The molecule has 16 heavy (non-hydrogen) atoms. The second-order valence-electron chi connectivity index (χ2n) is 4.12. The number of ketones is 1. The van der Waals surface area contributed by atoms with Crippen LogP contribution in [0.25, 0.3) is 0 Å². The van der Waals surface area contributed by atoms with E-state index < -0.39 is 12.0 Å². The van der Waals surface area contributed by atoms with Crippen LogP contribution in [0.2, 0.25) is 0 Å². The summed E-state index contributed by atoms with van der Waals surface area (Å²) in [6.07, 6.45) is -0.560. The van der Waals surface area contributed by atoms with Crippen LogP contribution in [0.15, 0.2) is 18.2 Å². The van der Waals surface area contributed by atoms with Gasteiger partial charge in [0.1, 0.15) is 12.0 Å². The third kappa shape index (κ3) is 2.27. The number of hydrogen-bond acceptors (Lipinski definition) is 2. The van der Waals surface area contributed by atoms with Gasteiger partial charge in [-0.05, 0) is 37.1 Å². The van der Waals surface area contributed by atoms with E-state index in [1.165, 1.54) is 19.1 Å². The molecule has 1 fully saturated rings. The van der Waals surface area contributed by atoms with E-state index in [2.05, 4.69) is 5.32 Å². The minimum absolute atomic E-state index is 0.185. The molecule has 0 spiro atoms. The van der Waals surface area contributed by atoms with Gasteiger partial charge in [-0.3, -0.25) is 4.79 Å². The summed E-state index contributed by atoms with van der Waals surface area (Å²) in [7, 11) is 0. The van der Waals surface area contributed by atoms with E-state index in [1.807, 2.05) is 0 Å². The van der Waals surface area contributed by atoms with Gasteiger partial charge in [-0.25, -0.2) is 8.78 Å². The zero-order valence-corrected chi connectivity index (χ0v) is 8.97. The lowest BCUT2D eigenvalue weighted by atomic mass is 10.0. The highest BCUT2D eigenvalue weighted by atomic mass is 19.1. The van der Waals surface area contributed by atoms with Crippen molar-refractivity contribution in [3.8, 4) is 0 Å². The normalized spacial score (nSPS) is 24.7. The molecule has 0 unspecified atom stereocenters. The molecule has 0 aromatic heterocycles. The van der Waals surface area contributed by atoms with E-state index in [0.717, 1.165) is 0 Å². The van der Waals surface area contributed by atoms with Gasteiger partial charge in [-0.15, -0.1) is 0 Å². The van der Waals surface area contributed by atoms with Crippen LogP contribution in [0.1, 0.15) is 35.3 Å². The van der Waals surface area contributed by atoms with Crippen molar-refractivity contribution in [3.05, 3.63) is 35.1 Å². The number of halogens is 2. The Balaban J connectivity index is 2.30. The van der Waals surface area contributed by atoms with Gasteiger partial charge < -0.3 is 5.32 Å². The third-order valence-corrected chi connectivity index (χ3v) is 2.81. The van der Waals surface area contributed by atoms with Crippen molar-refractivity contribution < 1.29 is 13.6 Å². The average molecular weight is 225 g/mol. The van der Waals surface area contributed by atoms with Gasteiger partial charge in [0.25, 0.3) is 0 Å². The van der Waals surface area contributed by atoms with Crippen molar-refractivity contribution in [2.24, 2.45) is 0 Å². The Kier molecular flexibility index (Phi) is 3.01. The minimum Gasteiger partial charge on any atom is -0.307 e. The summed E-state index contributed by atoms with van der Waals surface area (Å²) in [6.45, 7) is 1.68. The smallest absolute Gasteiger partial charge is 0.159 e. The maximum absolute atomic E-state index is 13.3. The number of carbonyl (C=O) groups excluding carboxylic acids is 1. The van der Waals surface area contributed by atoms with Crippen LogP contribution in [0.3, 0.4) is 0 Å². The minimum atomic E-state index is -0.894. The van der Waals surface area contributed by atoms with Crippen LogP contribution in [0.5, 0.6) is 0 Å². The fourth-order valence-electron chi connectivity index (χ4n) is 1.96. The first-order valence-electron chi connectivity index (χ1n) is 5.25. The molecule has 1 saturated heterocycles. The predicted molar refractivity (Wildman–Crippen MR) is 56.7 cm³/mol. The molecule has 2 nitrogen and oxygen atoms in total. The first kappa shape index (κ1) is 11.2. The number of nitrogens with one attached hydrogen (secondary N) is 1. The highest BCUT2D eigenvalue weighted by Crippen LogP contribution is 2.26. The van der Waals surface area contributed by atoms with Crippen molar-refractivity contribution in [2.45, 2.75) is 25.6 Å². The molecule has 2 atom stereocenters. The predicted octanol–water partition coefficient (Wildman–Crippen LogP) is 2.40. The molecule has 4 heteroatoms. The van der Waals surface area contributed by atoms with Gasteiger partial charge in [0.15, 0.2) is 5.78 Å². The van der Waals surface area contributed by atoms with E-state index in [4.69, 9.17) is 0 Å². The maximum atomic E-state index is 13.3. The highest BCUT2D eigenvalue weighted by molar-refractivity contribution is 5.94. The van der Waals surface area contributed by atoms with Gasteiger partial charge >= 0.3 is 0 Å². The van der Waals surface area contributed by atoms with Crippen LogP contribution in [0.4, 0.5) is 8.78 Å². The number of Topliss-reactive ketones (excluding diaryl/α,β-unsaturated/α-hetero) is 1. The SMILES string of the molecule is CC(=O)c1cc(F)cc([C@H]2C[C@H](F)CN2)c1. The molecule has 0 bridgehead atoms. The zero-order chi connectivity index (χ0) is 11.7. The van der Waals surface area contributed by atoms with E-state index >= 15 is 0 Å². The van der Waals surface area contributed by atoms with Crippen LogP contribution < -0.4 is 5.32 Å². The van der Waals surface area contributed by atoms with E-state index in [0.29, 0.717) is 17.5 Å². The summed E-state index contributed by atoms with van der Waals surface area (Å²) >= 11 is 0. The van der Waals surface area contributed by atoms with Crippen molar-refractivity contribution >= 4 is 5.78 Å². The topological polar surface area (TPSA) is 29.1 Å². The van der Waals surface area contributed by atoms with E-state index in [9.17, 15) is 13.6 Å². The Bertz CT molecular complexity index is 419. The molecule has 0 amide bonds. The van der Waals surface area contributed by atoms with Gasteiger partial charge in [0.2, 0.25) is 0 Å². The summed E-state index contributed by atoms with van der Waals surface area (Å²) in [5, 5.41) is 2.96. The Hall–Kier alpha value is -1.29. The van der Waals surface area contributed by atoms with Crippen molar-refractivity contribution in [1.82, 2.24) is 5.32 Å². The molecular weight excluding hydrogens is 212 g/mol. The Labute approximate surface area is 92.7 Å². The van der Waals surface area contributed by atoms with E-state index in [-0.39, 0.29) is 18.4 Å². The fourth-order valence-corrected chi connectivity index (χ4v) is 1.96. The standard InChI is InChI=1S/C12H13F2NO/c1-7(16)8-2-9(4-10(13)3-8)12-5-11(14)6-15-12/h2-4,11-12,15H,5-6H2,1H3/t11-,12+/m0/s1. The number of hydrogen-bond donors (Lipinski definition) is 1. The van der Waals surface area contributed by atoms with E-state index in [1.54, 1.807) is 6.07 Å². The summed E-state index contributed by atoms with van der Waals surface area (Å²) in [5.74, 6) is -0.637. The molecular formula is C12H13F2NO. The summed E-state index contributed by atoms with van der Waals surface area (Å²) in [4.78, 5) is 11.2. The second kappa shape index (κ2) is 4.29. The molecule has 86 valence electrons. The zero-order valence-electron chi connectivity index (χ0n) is 8.97. The largest absolute Gasteiger partial charge is 0.307 e. The van der Waals surface area contributed by atoms with Crippen molar-refractivity contribution in [1.29, 1.82) is 0 Å². The van der Waals surface area contributed by atoms with Crippen LogP contribution in [0, 0.1) is 5.82 Å². The summed E-state index contributed by atoms with van der Waals surface area (Å²) in [6, 6.07) is 3.99. The van der Waals surface area contributed by atoms with Crippen molar-refractivity contribution in [3.63, 3.8) is 0 Å². The van der Waals surface area contributed by atoms with Gasteiger partial charge in [-0.2, -0.15) is 0 Å². The highest BCUT2D eigenvalue weighted by Gasteiger charge is 2.25. The third-order valence-electron chi connectivity index (χ3n) is 2.81. The number of benzene rings is 1. The average Bonchev–Trinajstić information content (AvgIpc) is 2.64. The lowest BCUT2D eigenvalue weighted by Gasteiger charge is -2.11. The first-order chi connectivity index (χ1) is 7.56. The van der Waals surface area contributed by atoms with Gasteiger partial charge in [0.05, 0.1) is 0 Å². The van der Waals surface area contributed by atoms with Crippen LogP contribution in [-0.2, 0) is 0 Å². The Morgan fingerprint density at radius 2 is 2.19 bits per heavy atom. The number of alkyl halides is 1. The van der Waals surface area contributed by atoms with Crippen molar-refractivity contribution in [2.75, 3.05) is 6.54 Å². The first-order valence-corrected chi connectivity index (χ1v) is 5.25. The maximum Gasteiger partial charge on any atom is 0.159 e. The van der Waals surface area contributed by atoms with Crippen LogP contribution in [-0.4, -0.2) is 18.5 Å². The monoisotopic (exact) mass is 225 g/mol. The molecule has 1 aromatic rings. The molecule has 0 aliphatic carbocycles. The van der Waals surface area contributed by atoms with Gasteiger partial charge in [0, 0.05) is 18.2 Å². The quantitative estimate of drug-likeness (QED) is 0.783. The molecule has 1 heterocycles. The molecule has 1 aliphatic heterocycles. The molecule has 1 aliphatic rings. The second-order valence-corrected chi connectivity index (χ2v) is 4.12. The molecule has 1 N–H and O–H groups in total. The molecule has 0 radical (unpaired) electrons. The summed E-state index contributed by atoms with van der Waals surface area (Å²) < 4.78 is 26.3. The van der Waals surface area contributed by atoms with Crippen LogP contribution >= 0.6 is 0 Å². The lowest BCUT2D eigenvalue weighted by Crippen LogP contribution is -2.14. The number of rotatable bonds is 2. The molecule has 0 saturated carbocycles. The molecule has 1 aromatic carbocycles. The number of carbonyl (C=O) groups is 1. The van der Waals surface area contributed by atoms with Gasteiger partial charge in [-0.1, -0.05) is 0 Å². The Morgan fingerprint density at radius 3 is 2.75 bits per heavy atom. The molecule has 2 rings (SSSR count). The summed E-state index contributed by atoms with van der Waals surface area (Å²) in [5.41, 5.74) is 0.976. The lowest BCUT2D eigenvalue weighted by molar-refractivity contribution is 0.101. The fraction of sp³-hybridized carbons (Fsp3) is 0.417.